The number of aliphatic carboxylic acids is 1. The highest BCUT2D eigenvalue weighted by atomic mass is 16.4. The maximum atomic E-state index is 10.5. The summed E-state index contributed by atoms with van der Waals surface area (Å²) in [6.07, 6.45) is -1.21. The van der Waals surface area contributed by atoms with Crippen molar-refractivity contribution < 1.29 is 15.0 Å². The Morgan fingerprint density at radius 1 is 1.29 bits per heavy atom. The fraction of sp³-hybridized carbons (Fsp3) is 0.222. The molecule has 0 unspecified atom stereocenters. The van der Waals surface area contributed by atoms with Crippen molar-refractivity contribution >= 4 is 11.7 Å². The van der Waals surface area contributed by atoms with Gasteiger partial charge in [-0.25, -0.2) is 0 Å². The summed E-state index contributed by atoms with van der Waals surface area (Å²) in [5.74, 6) is -1.24. The fourth-order valence-electron chi connectivity index (χ4n) is 1.04. The van der Waals surface area contributed by atoms with Crippen LogP contribution in [0.1, 0.15) is 11.7 Å². The highest BCUT2D eigenvalue weighted by Crippen LogP contribution is 2.17. The molecule has 5 nitrogen and oxygen atoms in total. The molecule has 0 saturated carbocycles. The van der Waals surface area contributed by atoms with Crippen molar-refractivity contribution in [2.24, 2.45) is 5.73 Å². The van der Waals surface area contributed by atoms with Gasteiger partial charge in [-0.05, 0) is 17.7 Å². The third-order valence-electron chi connectivity index (χ3n) is 1.90. The first-order valence-corrected chi connectivity index (χ1v) is 4.04. The second-order valence-corrected chi connectivity index (χ2v) is 2.98. The molecule has 2 atom stereocenters. The fourth-order valence-corrected chi connectivity index (χ4v) is 1.04. The van der Waals surface area contributed by atoms with Crippen LogP contribution in [-0.4, -0.2) is 22.2 Å². The van der Waals surface area contributed by atoms with Crippen LogP contribution in [0.25, 0.3) is 0 Å². The molecule has 0 aliphatic rings. The molecule has 6 N–H and O–H groups in total. The van der Waals surface area contributed by atoms with Crippen molar-refractivity contribution in [1.82, 2.24) is 0 Å². The number of carboxylic acid groups (broad SMARTS) is 1. The lowest BCUT2D eigenvalue weighted by Crippen LogP contribution is -2.36. The van der Waals surface area contributed by atoms with Gasteiger partial charge in [0.2, 0.25) is 0 Å². The second-order valence-electron chi connectivity index (χ2n) is 2.98. The average Bonchev–Trinajstić information content (AvgIpc) is 2.16. The number of nitrogens with two attached hydrogens (primary N) is 2. The Hall–Kier alpha value is -1.59. The van der Waals surface area contributed by atoms with Crippen molar-refractivity contribution in [3.63, 3.8) is 0 Å². The third-order valence-corrected chi connectivity index (χ3v) is 1.90. The minimum Gasteiger partial charge on any atom is -0.480 e. The van der Waals surface area contributed by atoms with Gasteiger partial charge >= 0.3 is 5.97 Å². The number of hydrogen-bond donors (Lipinski definition) is 4. The van der Waals surface area contributed by atoms with Crippen molar-refractivity contribution in [3.8, 4) is 0 Å². The van der Waals surface area contributed by atoms with Crippen molar-refractivity contribution in [2.75, 3.05) is 5.73 Å². The first kappa shape index (κ1) is 10.5. The number of hydrogen-bond acceptors (Lipinski definition) is 4. The Morgan fingerprint density at radius 2 is 1.79 bits per heavy atom. The topological polar surface area (TPSA) is 110 Å². The Balaban J connectivity index is 2.84. The molecule has 0 bridgehead atoms. The number of rotatable bonds is 3. The van der Waals surface area contributed by atoms with Gasteiger partial charge in [-0.2, -0.15) is 0 Å². The summed E-state index contributed by atoms with van der Waals surface area (Å²) in [6.45, 7) is 0. The average molecular weight is 196 g/mol. The number of nitrogen functional groups attached to an aromatic ring is 1. The summed E-state index contributed by atoms with van der Waals surface area (Å²) in [4.78, 5) is 10.5. The van der Waals surface area contributed by atoms with Crippen LogP contribution in [0, 0.1) is 0 Å². The van der Waals surface area contributed by atoms with Gasteiger partial charge in [0.25, 0.3) is 0 Å². The number of aliphatic hydroxyl groups is 1. The largest absolute Gasteiger partial charge is 0.480 e. The zero-order chi connectivity index (χ0) is 10.7. The van der Waals surface area contributed by atoms with E-state index in [1.807, 2.05) is 0 Å². The Kier molecular flexibility index (Phi) is 3.06. The summed E-state index contributed by atoms with van der Waals surface area (Å²) in [5.41, 5.74) is 11.7. The van der Waals surface area contributed by atoms with Crippen LogP contribution < -0.4 is 11.5 Å². The molecule has 14 heavy (non-hydrogen) atoms. The van der Waals surface area contributed by atoms with Gasteiger partial charge in [0, 0.05) is 5.69 Å². The van der Waals surface area contributed by atoms with Crippen LogP contribution in [0.4, 0.5) is 5.69 Å². The smallest absolute Gasteiger partial charge is 0.323 e. The van der Waals surface area contributed by atoms with Gasteiger partial charge in [0.15, 0.2) is 0 Å². The quantitative estimate of drug-likeness (QED) is 0.497. The van der Waals surface area contributed by atoms with Crippen LogP contribution in [0.15, 0.2) is 24.3 Å². The maximum Gasteiger partial charge on any atom is 0.323 e. The van der Waals surface area contributed by atoms with Gasteiger partial charge in [-0.1, -0.05) is 12.1 Å². The molecule has 0 aromatic heterocycles. The maximum absolute atomic E-state index is 10.5. The third kappa shape index (κ3) is 2.21. The second kappa shape index (κ2) is 4.08. The Bertz CT molecular complexity index is 323. The number of benzene rings is 1. The monoisotopic (exact) mass is 196 g/mol. The molecular weight excluding hydrogens is 184 g/mol. The lowest BCUT2D eigenvalue weighted by atomic mass is 10.0. The molecule has 0 aliphatic carbocycles. The summed E-state index contributed by atoms with van der Waals surface area (Å²) in [5, 5.41) is 18.1. The molecule has 1 rings (SSSR count). The summed E-state index contributed by atoms with van der Waals surface area (Å²) < 4.78 is 0. The summed E-state index contributed by atoms with van der Waals surface area (Å²) in [7, 11) is 0. The lowest BCUT2D eigenvalue weighted by Gasteiger charge is -2.14. The van der Waals surface area contributed by atoms with Gasteiger partial charge in [-0.15, -0.1) is 0 Å². The van der Waals surface area contributed by atoms with Crippen LogP contribution in [0.3, 0.4) is 0 Å². The molecule has 0 amide bonds. The minimum atomic E-state index is -1.32. The van der Waals surface area contributed by atoms with Crippen molar-refractivity contribution in [2.45, 2.75) is 12.1 Å². The van der Waals surface area contributed by atoms with Crippen LogP contribution in [0.2, 0.25) is 0 Å². The Labute approximate surface area is 81.0 Å². The minimum absolute atomic E-state index is 0.439. The van der Waals surface area contributed by atoms with E-state index in [4.69, 9.17) is 16.6 Å². The zero-order valence-corrected chi connectivity index (χ0v) is 7.42. The van der Waals surface area contributed by atoms with Crippen LogP contribution in [0.5, 0.6) is 0 Å². The van der Waals surface area contributed by atoms with E-state index in [1.165, 1.54) is 0 Å². The highest BCUT2D eigenvalue weighted by Gasteiger charge is 2.23. The van der Waals surface area contributed by atoms with E-state index in [-0.39, 0.29) is 0 Å². The molecule has 1 aromatic carbocycles. The van der Waals surface area contributed by atoms with E-state index in [0.717, 1.165) is 0 Å². The van der Waals surface area contributed by atoms with E-state index < -0.39 is 18.1 Å². The molecule has 0 saturated heterocycles. The lowest BCUT2D eigenvalue weighted by molar-refractivity contribution is -0.141. The van der Waals surface area contributed by atoms with Gasteiger partial charge in [0.1, 0.15) is 12.1 Å². The highest BCUT2D eigenvalue weighted by molar-refractivity contribution is 5.74. The molecule has 0 fully saturated rings. The van der Waals surface area contributed by atoms with E-state index in [2.05, 4.69) is 0 Å². The number of carbonyl (C=O) groups is 1. The standard InChI is InChI=1S/C9H12N2O3/c10-6-3-1-5(2-4-6)8(12)7(11)9(13)14/h1-4,7-8,12H,10-11H2,(H,13,14)/t7-,8+/m0/s1. The number of aliphatic hydroxyl groups excluding tert-OH is 1. The molecular formula is C9H12N2O3. The van der Waals surface area contributed by atoms with E-state index in [9.17, 15) is 9.90 Å². The Morgan fingerprint density at radius 3 is 2.21 bits per heavy atom. The predicted octanol–water partition coefficient (Wildman–Crippen LogP) is -0.286. The molecule has 0 spiro atoms. The SMILES string of the molecule is Nc1ccc([C@@H](O)[C@H](N)C(=O)O)cc1. The van der Waals surface area contributed by atoms with Crippen LogP contribution >= 0.6 is 0 Å². The predicted molar refractivity (Wildman–Crippen MR) is 51.4 cm³/mol. The molecule has 76 valence electrons. The molecule has 5 heteroatoms. The van der Waals surface area contributed by atoms with Crippen LogP contribution in [-0.2, 0) is 4.79 Å². The number of anilines is 1. The molecule has 0 heterocycles. The first-order valence-electron chi connectivity index (χ1n) is 4.04. The van der Waals surface area contributed by atoms with Gasteiger partial charge < -0.3 is 21.7 Å². The first-order chi connectivity index (χ1) is 6.52. The van der Waals surface area contributed by atoms with E-state index in [0.29, 0.717) is 11.3 Å². The van der Waals surface area contributed by atoms with E-state index >= 15 is 0 Å². The zero-order valence-electron chi connectivity index (χ0n) is 7.42. The molecule has 0 radical (unpaired) electrons. The van der Waals surface area contributed by atoms with Gasteiger partial charge in [0.05, 0.1) is 0 Å². The molecule has 1 aromatic rings. The van der Waals surface area contributed by atoms with Gasteiger partial charge in [-0.3, -0.25) is 4.79 Å². The van der Waals surface area contributed by atoms with Crippen molar-refractivity contribution in [1.29, 1.82) is 0 Å². The summed E-state index contributed by atoms with van der Waals surface area (Å²) >= 11 is 0. The van der Waals surface area contributed by atoms with Crippen molar-refractivity contribution in [3.05, 3.63) is 29.8 Å². The molecule has 0 aliphatic heterocycles. The normalized spacial score (nSPS) is 14.7. The number of carboxylic acids is 1. The summed E-state index contributed by atoms with van der Waals surface area (Å²) in [6, 6.07) is 4.92. The van der Waals surface area contributed by atoms with E-state index in [1.54, 1.807) is 24.3 Å².